The number of anilines is 1. The lowest BCUT2D eigenvalue weighted by Crippen LogP contribution is -2.34. The number of rotatable bonds is 6. The number of carbonyl (C=O) groups is 2. The van der Waals surface area contributed by atoms with Gasteiger partial charge in [0.15, 0.2) is 17.0 Å². The Bertz CT molecular complexity index is 1120. The summed E-state index contributed by atoms with van der Waals surface area (Å²) < 4.78 is 19.2. The Hall–Kier alpha value is -3.10. The van der Waals surface area contributed by atoms with Crippen LogP contribution >= 0.6 is 11.6 Å². The summed E-state index contributed by atoms with van der Waals surface area (Å²) >= 11 is 6.22. The first-order valence-corrected chi connectivity index (χ1v) is 9.92. The van der Waals surface area contributed by atoms with Gasteiger partial charge < -0.3 is 19.9 Å². The van der Waals surface area contributed by atoms with Gasteiger partial charge in [0, 0.05) is 20.3 Å². The fourth-order valence-corrected chi connectivity index (χ4v) is 3.98. The van der Waals surface area contributed by atoms with E-state index in [2.05, 4.69) is 15.9 Å². The molecular formula is C19H22ClN5O6. The van der Waals surface area contributed by atoms with E-state index in [9.17, 15) is 14.4 Å². The van der Waals surface area contributed by atoms with E-state index >= 15 is 0 Å². The Morgan fingerprint density at radius 3 is 2.68 bits per heavy atom. The van der Waals surface area contributed by atoms with Crippen LogP contribution in [0.2, 0.25) is 5.15 Å². The quantitative estimate of drug-likeness (QED) is 0.387. The van der Waals surface area contributed by atoms with Gasteiger partial charge in [-0.25, -0.2) is 9.36 Å². The van der Waals surface area contributed by atoms with Gasteiger partial charge in [0.25, 0.3) is 0 Å². The van der Waals surface area contributed by atoms with Crippen LogP contribution in [-0.4, -0.2) is 49.4 Å². The zero-order chi connectivity index (χ0) is 22.9. The van der Waals surface area contributed by atoms with E-state index in [-0.39, 0.29) is 35.2 Å². The molecule has 1 aliphatic rings. The molecule has 0 aliphatic carbocycles. The van der Waals surface area contributed by atoms with E-state index in [1.165, 1.54) is 23.0 Å². The van der Waals surface area contributed by atoms with Gasteiger partial charge in [-0.1, -0.05) is 24.4 Å². The molecule has 0 bridgehead atoms. The Kier molecular flexibility index (Phi) is 6.52. The Balaban J connectivity index is 2.15. The maximum Gasteiger partial charge on any atom is 0.333 e. The fourth-order valence-electron chi connectivity index (χ4n) is 3.70. The molecule has 3 heterocycles. The average molecular weight is 452 g/mol. The second kappa shape index (κ2) is 8.95. The van der Waals surface area contributed by atoms with Crippen molar-refractivity contribution in [1.82, 2.24) is 19.1 Å². The number of terminal acetylenes is 1. The SMILES string of the molecule is C#CCn1c(=O)n([C@@H]2O[C@H]([C@H](CC)OC(C)=O)C[C@H]2OC(C)=O)c2nc(N)nc(Cl)c21. The van der Waals surface area contributed by atoms with Crippen molar-refractivity contribution >= 4 is 40.7 Å². The van der Waals surface area contributed by atoms with Gasteiger partial charge >= 0.3 is 17.6 Å². The van der Waals surface area contributed by atoms with Gasteiger partial charge in [0.05, 0.1) is 6.54 Å². The van der Waals surface area contributed by atoms with Crippen molar-refractivity contribution in [2.75, 3.05) is 5.73 Å². The summed E-state index contributed by atoms with van der Waals surface area (Å²) in [5.41, 5.74) is 5.42. The van der Waals surface area contributed by atoms with E-state index in [1.807, 2.05) is 6.92 Å². The molecule has 0 radical (unpaired) electrons. The Morgan fingerprint density at radius 1 is 1.39 bits per heavy atom. The van der Waals surface area contributed by atoms with Crippen molar-refractivity contribution in [3.8, 4) is 12.3 Å². The lowest BCUT2D eigenvalue weighted by Gasteiger charge is -2.22. The number of esters is 2. The smallest absolute Gasteiger partial charge is 0.333 e. The monoisotopic (exact) mass is 451 g/mol. The highest BCUT2D eigenvalue weighted by atomic mass is 35.5. The number of fused-ring (bicyclic) bond motifs is 1. The van der Waals surface area contributed by atoms with Crippen LogP contribution < -0.4 is 11.4 Å². The van der Waals surface area contributed by atoms with Crippen LogP contribution in [0, 0.1) is 12.3 Å². The fraction of sp³-hybridized carbons (Fsp3) is 0.526. The highest BCUT2D eigenvalue weighted by molar-refractivity contribution is 6.33. The molecule has 1 aliphatic heterocycles. The molecular weight excluding hydrogens is 430 g/mol. The van der Waals surface area contributed by atoms with E-state index in [1.54, 1.807) is 0 Å². The Labute approximate surface area is 182 Å². The zero-order valence-corrected chi connectivity index (χ0v) is 18.0. The summed E-state index contributed by atoms with van der Waals surface area (Å²) in [5.74, 6) is 1.19. The van der Waals surface area contributed by atoms with Crippen molar-refractivity contribution < 1.29 is 23.8 Å². The van der Waals surface area contributed by atoms with Crippen LogP contribution in [-0.2, 0) is 30.3 Å². The first kappa shape index (κ1) is 22.6. The van der Waals surface area contributed by atoms with E-state index in [0.29, 0.717) is 6.42 Å². The number of nitrogen functional groups attached to an aromatic ring is 1. The molecule has 0 aromatic carbocycles. The summed E-state index contributed by atoms with van der Waals surface area (Å²) in [6, 6.07) is 0. The van der Waals surface area contributed by atoms with Gasteiger partial charge in [0.2, 0.25) is 5.95 Å². The first-order chi connectivity index (χ1) is 14.7. The molecule has 2 aromatic rings. The number of carbonyl (C=O) groups excluding carboxylic acids is 2. The third kappa shape index (κ3) is 4.35. The molecule has 1 fully saturated rings. The normalized spacial score (nSPS) is 21.6. The lowest BCUT2D eigenvalue weighted by atomic mass is 10.1. The summed E-state index contributed by atoms with van der Waals surface area (Å²) in [6.45, 7) is 4.26. The van der Waals surface area contributed by atoms with E-state index in [0.717, 1.165) is 0 Å². The van der Waals surface area contributed by atoms with Gasteiger partial charge in [-0.05, 0) is 6.42 Å². The highest BCUT2D eigenvalue weighted by Gasteiger charge is 2.45. The number of imidazole rings is 1. The van der Waals surface area contributed by atoms with Crippen LogP contribution in [0.4, 0.5) is 5.95 Å². The molecule has 0 unspecified atom stereocenters. The van der Waals surface area contributed by atoms with Crippen LogP contribution in [0.25, 0.3) is 11.2 Å². The molecule has 1 saturated heterocycles. The first-order valence-electron chi connectivity index (χ1n) is 9.55. The summed E-state index contributed by atoms with van der Waals surface area (Å²) in [4.78, 5) is 44.5. The summed E-state index contributed by atoms with van der Waals surface area (Å²) in [7, 11) is 0. The minimum absolute atomic E-state index is 0.0569. The molecule has 11 nitrogen and oxygen atoms in total. The Morgan fingerprint density at radius 2 is 2.10 bits per heavy atom. The van der Waals surface area contributed by atoms with Crippen LogP contribution in [0.5, 0.6) is 0 Å². The number of hydrogen-bond acceptors (Lipinski definition) is 9. The minimum Gasteiger partial charge on any atom is -0.460 e. The van der Waals surface area contributed by atoms with Gasteiger partial charge in [-0.15, -0.1) is 6.42 Å². The molecule has 31 heavy (non-hydrogen) atoms. The minimum atomic E-state index is -1.07. The third-order valence-electron chi connectivity index (χ3n) is 4.83. The number of aromatic nitrogens is 4. The van der Waals surface area contributed by atoms with Crippen molar-refractivity contribution in [2.45, 2.75) is 64.7 Å². The van der Waals surface area contributed by atoms with Gasteiger partial charge in [0.1, 0.15) is 23.8 Å². The van der Waals surface area contributed by atoms with Crippen LogP contribution in [0.3, 0.4) is 0 Å². The molecule has 3 rings (SSSR count). The number of hydrogen-bond donors (Lipinski definition) is 1. The molecule has 2 N–H and O–H groups in total. The second-order valence-corrected chi connectivity index (χ2v) is 7.35. The standard InChI is InChI=1S/C19H22ClN5O6/c1-5-7-24-14-15(20)22-18(21)23-16(14)25(19(24)28)17-13(30-10(4)27)8-12(31-17)11(6-2)29-9(3)26/h1,11-13,17H,6-8H2,2-4H3,(H2,21,22,23)/t11-,12-,13+,17+/m0/s1. The van der Waals surface area contributed by atoms with Crippen LogP contribution in [0.15, 0.2) is 4.79 Å². The third-order valence-corrected chi connectivity index (χ3v) is 5.09. The lowest BCUT2D eigenvalue weighted by molar-refractivity contribution is -0.158. The molecule has 166 valence electrons. The van der Waals surface area contributed by atoms with Crippen LogP contribution in [0.1, 0.15) is 39.8 Å². The molecule has 4 atom stereocenters. The van der Waals surface area contributed by atoms with Crippen molar-refractivity contribution in [3.05, 3.63) is 15.6 Å². The maximum absolute atomic E-state index is 13.2. The van der Waals surface area contributed by atoms with Crippen molar-refractivity contribution in [1.29, 1.82) is 0 Å². The molecule has 0 amide bonds. The zero-order valence-electron chi connectivity index (χ0n) is 17.2. The number of nitrogens with zero attached hydrogens (tertiary/aromatic N) is 4. The topological polar surface area (TPSA) is 141 Å². The molecule has 2 aromatic heterocycles. The predicted molar refractivity (Wildman–Crippen MR) is 110 cm³/mol. The number of ether oxygens (including phenoxy) is 3. The van der Waals surface area contributed by atoms with Gasteiger partial charge in [-0.2, -0.15) is 9.97 Å². The largest absolute Gasteiger partial charge is 0.460 e. The van der Waals surface area contributed by atoms with E-state index < -0.39 is 42.2 Å². The predicted octanol–water partition coefficient (Wildman–Crippen LogP) is 1.02. The maximum atomic E-state index is 13.2. The molecule has 0 spiro atoms. The average Bonchev–Trinajstić information content (AvgIpc) is 3.18. The molecule has 0 saturated carbocycles. The summed E-state index contributed by atoms with van der Waals surface area (Å²) in [6.07, 6.45) is 2.90. The van der Waals surface area contributed by atoms with Gasteiger partial charge in [-0.3, -0.25) is 14.2 Å². The van der Waals surface area contributed by atoms with E-state index in [4.69, 9.17) is 38.0 Å². The number of nitrogens with two attached hydrogens (primary N) is 1. The summed E-state index contributed by atoms with van der Waals surface area (Å²) in [5, 5.41) is -0.0569. The highest BCUT2D eigenvalue weighted by Crippen LogP contribution is 2.36. The van der Waals surface area contributed by atoms with Crippen molar-refractivity contribution in [2.24, 2.45) is 0 Å². The molecule has 12 heteroatoms. The second-order valence-electron chi connectivity index (χ2n) is 6.99. The number of halogens is 1. The van der Waals surface area contributed by atoms with Crippen molar-refractivity contribution in [3.63, 3.8) is 0 Å².